The molecule has 1 atom stereocenters. The Kier molecular flexibility index (Phi) is 8.12. The zero-order chi connectivity index (χ0) is 23.9. The molecule has 0 spiro atoms. The summed E-state index contributed by atoms with van der Waals surface area (Å²) in [5, 5.41) is 11.8. The van der Waals surface area contributed by atoms with E-state index in [0.29, 0.717) is 17.4 Å². The van der Waals surface area contributed by atoms with Crippen molar-refractivity contribution in [2.75, 3.05) is 18.4 Å². The van der Waals surface area contributed by atoms with Gasteiger partial charge in [0.05, 0.1) is 11.8 Å². The molecule has 1 N–H and O–H groups in total. The average molecular weight is 488 g/mol. The third-order valence-electron chi connectivity index (χ3n) is 5.53. The number of hydrogen-bond acceptors (Lipinski definition) is 6. The standard InChI is InChI=1S/C24H27F2N5O2S/c1-17(22(32)27-18-10-12-20(13-11-18)33-23(25)26)34-24-29-28-21(16-30-14-6-3-7-15-30)31(24)19-8-4-2-5-9-19/h2,4-5,8-13,17,23H,3,6-7,14-16H2,1H3,(H,27,32). The fourth-order valence-electron chi connectivity index (χ4n) is 3.81. The van der Waals surface area contributed by atoms with Crippen LogP contribution < -0.4 is 10.1 Å². The third-order valence-corrected chi connectivity index (χ3v) is 6.57. The Morgan fingerprint density at radius 1 is 1.06 bits per heavy atom. The van der Waals surface area contributed by atoms with Gasteiger partial charge in [-0.2, -0.15) is 8.78 Å². The second-order valence-corrected chi connectivity index (χ2v) is 9.37. The summed E-state index contributed by atoms with van der Waals surface area (Å²) in [5.74, 6) is 0.651. The van der Waals surface area contributed by atoms with Gasteiger partial charge in [-0.25, -0.2) is 0 Å². The van der Waals surface area contributed by atoms with Gasteiger partial charge in [-0.05, 0) is 69.3 Å². The lowest BCUT2D eigenvalue weighted by Gasteiger charge is -2.26. The first-order valence-corrected chi connectivity index (χ1v) is 12.1. The molecular formula is C24H27F2N5O2S. The summed E-state index contributed by atoms with van der Waals surface area (Å²) in [5.41, 5.74) is 1.44. The van der Waals surface area contributed by atoms with E-state index >= 15 is 0 Å². The minimum Gasteiger partial charge on any atom is -0.435 e. The highest BCUT2D eigenvalue weighted by molar-refractivity contribution is 8.00. The molecule has 1 fully saturated rings. The Balaban J connectivity index is 1.47. The molecule has 4 rings (SSSR count). The van der Waals surface area contributed by atoms with E-state index in [1.165, 1.54) is 55.3 Å². The van der Waals surface area contributed by atoms with Gasteiger partial charge in [0.25, 0.3) is 0 Å². The molecule has 1 aromatic heterocycles. The summed E-state index contributed by atoms with van der Waals surface area (Å²) in [6.07, 6.45) is 3.64. The Hall–Kier alpha value is -2.98. The molecule has 34 heavy (non-hydrogen) atoms. The van der Waals surface area contributed by atoms with Crippen LogP contribution in [0.2, 0.25) is 0 Å². The number of piperidine rings is 1. The molecule has 0 aliphatic carbocycles. The van der Waals surface area contributed by atoms with Crippen molar-refractivity contribution in [2.45, 2.75) is 49.7 Å². The molecule has 3 aromatic rings. The first kappa shape index (κ1) is 24.2. The van der Waals surface area contributed by atoms with Gasteiger partial charge in [0, 0.05) is 11.4 Å². The monoisotopic (exact) mass is 487 g/mol. The van der Waals surface area contributed by atoms with E-state index in [-0.39, 0.29) is 11.7 Å². The van der Waals surface area contributed by atoms with Crippen molar-refractivity contribution in [3.63, 3.8) is 0 Å². The van der Waals surface area contributed by atoms with Gasteiger partial charge in [0.2, 0.25) is 5.91 Å². The number of benzene rings is 2. The van der Waals surface area contributed by atoms with Crippen LogP contribution in [-0.2, 0) is 11.3 Å². The molecule has 1 saturated heterocycles. The fourth-order valence-corrected chi connectivity index (χ4v) is 4.69. The highest BCUT2D eigenvalue weighted by Gasteiger charge is 2.23. The minimum absolute atomic E-state index is 0.0348. The van der Waals surface area contributed by atoms with Crippen molar-refractivity contribution in [3.8, 4) is 11.4 Å². The average Bonchev–Trinajstić information content (AvgIpc) is 3.23. The van der Waals surface area contributed by atoms with Gasteiger partial charge in [0.15, 0.2) is 11.0 Å². The van der Waals surface area contributed by atoms with Crippen LogP contribution in [0, 0.1) is 0 Å². The summed E-state index contributed by atoms with van der Waals surface area (Å²) in [6.45, 7) is 1.70. The molecular weight excluding hydrogens is 460 g/mol. The van der Waals surface area contributed by atoms with E-state index in [1.54, 1.807) is 6.92 Å². The maximum atomic E-state index is 12.8. The number of halogens is 2. The smallest absolute Gasteiger partial charge is 0.387 e. The summed E-state index contributed by atoms with van der Waals surface area (Å²) < 4.78 is 31.0. The molecule has 1 amide bonds. The van der Waals surface area contributed by atoms with Crippen LogP contribution in [0.25, 0.3) is 5.69 Å². The molecule has 0 saturated carbocycles. The van der Waals surface area contributed by atoms with Crippen LogP contribution >= 0.6 is 11.8 Å². The van der Waals surface area contributed by atoms with Gasteiger partial charge < -0.3 is 10.1 Å². The maximum Gasteiger partial charge on any atom is 0.387 e. The minimum atomic E-state index is -2.89. The van der Waals surface area contributed by atoms with E-state index in [2.05, 4.69) is 25.2 Å². The number of aromatic nitrogens is 3. The van der Waals surface area contributed by atoms with Crippen molar-refractivity contribution in [2.24, 2.45) is 0 Å². The number of ether oxygens (including phenoxy) is 1. The lowest BCUT2D eigenvalue weighted by molar-refractivity contribution is -0.115. The van der Waals surface area contributed by atoms with Crippen LogP contribution in [0.4, 0.5) is 14.5 Å². The number of carbonyl (C=O) groups is 1. The second-order valence-electron chi connectivity index (χ2n) is 8.06. The predicted octanol–water partition coefficient (Wildman–Crippen LogP) is 4.97. The number of alkyl halides is 2. The van der Waals surface area contributed by atoms with Crippen LogP contribution in [-0.4, -0.2) is 50.5 Å². The number of nitrogens with zero attached hydrogens (tertiary/aromatic N) is 4. The molecule has 0 bridgehead atoms. The fraction of sp³-hybridized carbons (Fsp3) is 0.375. The molecule has 2 aromatic carbocycles. The highest BCUT2D eigenvalue weighted by atomic mass is 32.2. The largest absolute Gasteiger partial charge is 0.435 e. The molecule has 7 nitrogen and oxygen atoms in total. The van der Waals surface area contributed by atoms with Crippen LogP contribution in [0.5, 0.6) is 5.75 Å². The van der Waals surface area contributed by atoms with Gasteiger partial charge in [0.1, 0.15) is 5.75 Å². The zero-order valence-corrected chi connectivity index (χ0v) is 19.7. The Morgan fingerprint density at radius 2 is 1.76 bits per heavy atom. The number of para-hydroxylation sites is 1. The highest BCUT2D eigenvalue weighted by Crippen LogP contribution is 2.28. The van der Waals surface area contributed by atoms with Gasteiger partial charge in [-0.1, -0.05) is 36.4 Å². The van der Waals surface area contributed by atoms with E-state index in [0.717, 1.165) is 24.6 Å². The maximum absolute atomic E-state index is 12.8. The summed E-state index contributed by atoms with van der Waals surface area (Å²) in [7, 11) is 0. The SMILES string of the molecule is CC(Sc1nnc(CN2CCCCC2)n1-c1ccccc1)C(=O)Nc1ccc(OC(F)F)cc1. The molecule has 1 aliphatic rings. The predicted molar refractivity (Wildman–Crippen MR) is 128 cm³/mol. The Morgan fingerprint density at radius 3 is 2.44 bits per heavy atom. The number of thioether (sulfide) groups is 1. The molecule has 180 valence electrons. The Labute approximate surface area is 201 Å². The zero-order valence-electron chi connectivity index (χ0n) is 18.9. The van der Waals surface area contributed by atoms with Crippen LogP contribution in [0.3, 0.4) is 0 Å². The number of amides is 1. The van der Waals surface area contributed by atoms with Crippen molar-refractivity contribution in [3.05, 3.63) is 60.4 Å². The number of anilines is 1. The number of rotatable bonds is 9. The number of carbonyl (C=O) groups excluding carboxylic acids is 1. The van der Waals surface area contributed by atoms with E-state index in [9.17, 15) is 13.6 Å². The van der Waals surface area contributed by atoms with Crippen molar-refractivity contribution in [1.82, 2.24) is 19.7 Å². The molecule has 10 heteroatoms. The number of nitrogens with one attached hydrogen (secondary N) is 1. The first-order valence-electron chi connectivity index (χ1n) is 11.2. The first-order chi connectivity index (χ1) is 16.5. The van der Waals surface area contributed by atoms with Crippen LogP contribution in [0.1, 0.15) is 32.0 Å². The van der Waals surface area contributed by atoms with Crippen molar-refractivity contribution >= 4 is 23.4 Å². The van der Waals surface area contributed by atoms with Gasteiger partial charge in [-0.15, -0.1) is 10.2 Å². The summed E-state index contributed by atoms with van der Waals surface area (Å²) in [6, 6.07) is 15.7. The van der Waals surface area contributed by atoms with Crippen molar-refractivity contribution < 1.29 is 18.3 Å². The normalized spacial score (nSPS) is 15.3. The van der Waals surface area contributed by atoms with Crippen LogP contribution in [0.15, 0.2) is 59.8 Å². The molecule has 2 heterocycles. The van der Waals surface area contributed by atoms with Crippen molar-refractivity contribution in [1.29, 1.82) is 0 Å². The topological polar surface area (TPSA) is 72.3 Å². The second kappa shape index (κ2) is 11.4. The number of hydrogen-bond donors (Lipinski definition) is 1. The van der Waals surface area contributed by atoms with E-state index in [4.69, 9.17) is 0 Å². The molecule has 1 unspecified atom stereocenters. The lowest BCUT2D eigenvalue weighted by Crippen LogP contribution is -2.30. The van der Waals surface area contributed by atoms with E-state index in [1.807, 2.05) is 34.9 Å². The quantitative estimate of drug-likeness (QED) is 0.430. The Bertz CT molecular complexity index is 1070. The molecule has 0 radical (unpaired) electrons. The van der Waals surface area contributed by atoms with Gasteiger partial charge in [-0.3, -0.25) is 14.3 Å². The lowest BCUT2D eigenvalue weighted by atomic mass is 10.1. The molecule has 1 aliphatic heterocycles. The van der Waals surface area contributed by atoms with Gasteiger partial charge >= 0.3 is 6.61 Å². The summed E-state index contributed by atoms with van der Waals surface area (Å²) >= 11 is 1.32. The third kappa shape index (κ3) is 6.32. The van der Waals surface area contributed by atoms with E-state index < -0.39 is 11.9 Å². The summed E-state index contributed by atoms with van der Waals surface area (Å²) in [4.78, 5) is 15.2. The number of likely N-dealkylation sites (tertiary alicyclic amines) is 1.